The predicted molar refractivity (Wildman–Crippen MR) is 81.0 cm³/mol. The summed E-state index contributed by atoms with van der Waals surface area (Å²) >= 11 is 0. The molecule has 2 aromatic carbocycles. The number of para-hydroxylation sites is 1. The molecule has 1 aliphatic rings. The van der Waals surface area contributed by atoms with Gasteiger partial charge in [-0.15, -0.1) is 0 Å². The van der Waals surface area contributed by atoms with Crippen LogP contribution in [0.3, 0.4) is 0 Å². The number of nitrogens with zero attached hydrogens (tertiary/aromatic N) is 1. The largest absolute Gasteiger partial charge is 0.478 e. The minimum Gasteiger partial charge on any atom is -0.478 e. The van der Waals surface area contributed by atoms with Gasteiger partial charge in [-0.1, -0.05) is 18.2 Å². The van der Waals surface area contributed by atoms with E-state index in [0.29, 0.717) is 29.0 Å². The maximum atomic E-state index is 11.1. The molecule has 2 heterocycles. The molecule has 0 fully saturated rings. The van der Waals surface area contributed by atoms with Crippen LogP contribution in [0.5, 0.6) is 5.75 Å². The summed E-state index contributed by atoms with van der Waals surface area (Å²) in [5, 5.41) is 9.61. The molecule has 0 spiro atoms. The van der Waals surface area contributed by atoms with E-state index in [9.17, 15) is 4.79 Å². The molecule has 22 heavy (non-hydrogen) atoms. The van der Waals surface area contributed by atoms with E-state index in [1.54, 1.807) is 18.2 Å². The van der Waals surface area contributed by atoms with Gasteiger partial charge in [0.1, 0.15) is 23.2 Å². The van der Waals surface area contributed by atoms with Crippen LogP contribution < -0.4 is 4.74 Å². The summed E-state index contributed by atoms with van der Waals surface area (Å²) in [4.78, 5) is 15.5. The van der Waals surface area contributed by atoms with Crippen LogP contribution in [0, 0.1) is 0 Å². The van der Waals surface area contributed by atoms with Crippen molar-refractivity contribution in [3.05, 3.63) is 59.9 Å². The molecule has 5 nitrogen and oxygen atoms in total. The summed E-state index contributed by atoms with van der Waals surface area (Å²) in [6.07, 6.45) is 1.88. The lowest BCUT2D eigenvalue weighted by atomic mass is 10.1. The fourth-order valence-corrected chi connectivity index (χ4v) is 2.54. The van der Waals surface area contributed by atoms with Crippen molar-refractivity contribution in [2.24, 2.45) is 4.99 Å². The zero-order chi connectivity index (χ0) is 15.1. The Bertz CT molecular complexity index is 923. The molecule has 0 aliphatic carbocycles. The Morgan fingerprint density at radius 2 is 2.09 bits per heavy atom. The van der Waals surface area contributed by atoms with Crippen molar-refractivity contribution in [2.45, 2.75) is 6.42 Å². The van der Waals surface area contributed by atoms with E-state index in [2.05, 4.69) is 4.99 Å². The van der Waals surface area contributed by atoms with Gasteiger partial charge in [0.25, 0.3) is 0 Å². The second kappa shape index (κ2) is 4.73. The van der Waals surface area contributed by atoms with Gasteiger partial charge in [-0.3, -0.25) is 0 Å². The Morgan fingerprint density at radius 1 is 1.23 bits per heavy atom. The Labute approximate surface area is 125 Å². The molecule has 0 atom stereocenters. The highest BCUT2D eigenvalue weighted by molar-refractivity contribution is 6.02. The summed E-state index contributed by atoms with van der Waals surface area (Å²) in [6, 6.07) is 12.9. The van der Waals surface area contributed by atoms with E-state index < -0.39 is 5.97 Å². The number of fused-ring (bicyclic) bond motifs is 2. The number of benzene rings is 2. The molecular weight excluding hydrogens is 282 g/mol. The van der Waals surface area contributed by atoms with Crippen LogP contribution in [0.15, 0.2) is 58.1 Å². The summed E-state index contributed by atoms with van der Waals surface area (Å²) in [5.41, 5.74) is 2.67. The second-order valence-corrected chi connectivity index (χ2v) is 5.03. The smallest absolute Gasteiger partial charge is 0.339 e. The predicted octanol–water partition coefficient (Wildman–Crippen LogP) is 3.80. The van der Waals surface area contributed by atoms with Crippen molar-refractivity contribution in [1.29, 1.82) is 0 Å². The van der Waals surface area contributed by atoms with E-state index in [4.69, 9.17) is 14.3 Å². The number of furan rings is 1. The maximum Gasteiger partial charge on any atom is 0.339 e. The molecule has 1 aliphatic heterocycles. The van der Waals surface area contributed by atoms with Gasteiger partial charge in [0.05, 0.1) is 12.1 Å². The minimum atomic E-state index is -1.01. The molecule has 0 amide bonds. The fourth-order valence-electron chi connectivity index (χ4n) is 2.54. The zero-order valence-corrected chi connectivity index (χ0v) is 11.4. The number of rotatable bonds is 2. The Balaban J connectivity index is 1.62. The summed E-state index contributed by atoms with van der Waals surface area (Å²) in [5.74, 6) is 0.180. The number of ether oxygens (including phenoxy) is 1. The average Bonchev–Trinajstić information content (AvgIpc) is 3.09. The van der Waals surface area contributed by atoms with E-state index >= 15 is 0 Å². The van der Waals surface area contributed by atoms with Crippen LogP contribution in [0.25, 0.3) is 11.0 Å². The van der Waals surface area contributed by atoms with Gasteiger partial charge >= 0.3 is 5.97 Å². The lowest BCUT2D eigenvalue weighted by Gasteiger charge is -2.04. The Kier molecular flexibility index (Phi) is 2.72. The molecule has 4 rings (SSSR count). The SMILES string of the molecule is O=C(O)c1coc2cc(OC3=Nc4ccccc4C3)ccc12. The highest BCUT2D eigenvalue weighted by atomic mass is 16.5. The topological polar surface area (TPSA) is 72.0 Å². The molecular formula is C17H11NO4. The first kappa shape index (κ1) is 12.6. The van der Waals surface area contributed by atoms with Crippen molar-refractivity contribution in [3.8, 4) is 5.75 Å². The molecule has 0 saturated heterocycles. The molecule has 0 bridgehead atoms. The van der Waals surface area contributed by atoms with Crippen LogP contribution in [0.2, 0.25) is 0 Å². The summed E-state index contributed by atoms with van der Waals surface area (Å²) < 4.78 is 11.1. The summed E-state index contributed by atoms with van der Waals surface area (Å²) in [6.45, 7) is 0. The van der Waals surface area contributed by atoms with E-state index in [1.807, 2.05) is 24.3 Å². The number of aromatic carboxylic acids is 1. The molecule has 0 saturated carbocycles. The van der Waals surface area contributed by atoms with Gasteiger partial charge < -0.3 is 14.3 Å². The third-order valence-electron chi connectivity index (χ3n) is 3.59. The lowest BCUT2D eigenvalue weighted by molar-refractivity contribution is 0.0698. The van der Waals surface area contributed by atoms with Gasteiger partial charge in [0.2, 0.25) is 0 Å². The van der Waals surface area contributed by atoms with E-state index in [-0.39, 0.29) is 5.56 Å². The van der Waals surface area contributed by atoms with Crippen LogP contribution >= 0.6 is 0 Å². The molecule has 5 heteroatoms. The van der Waals surface area contributed by atoms with E-state index in [1.165, 1.54) is 6.26 Å². The first-order chi connectivity index (χ1) is 10.7. The first-order valence-electron chi connectivity index (χ1n) is 6.78. The fraction of sp³-hybridized carbons (Fsp3) is 0.0588. The highest BCUT2D eigenvalue weighted by Crippen LogP contribution is 2.29. The van der Waals surface area contributed by atoms with Crippen molar-refractivity contribution in [1.82, 2.24) is 0 Å². The van der Waals surface area contributed by atoms with Gasteiger partial charge in [0, 0.05) is 11.5 Å². The van der Waals surface area contributed by atoms with Gasteiger partial charge in [0.15, 0.2) is 5.90 Å². The number of carboxylic acid groups (broad SMARTS) is 1. The van der Waals surface area contributed by atoms with Gasteiger partial charge in [-0.05, 0) is 23.8 Å². The maximum absolute atomic E-state index is 11.1. The number of aliphatic imine (C=N–C) groups is 1. The van der Waals surface area contributed by atoms with Crippen molar-refractivity contribution in [3.63, 3.8) is 0 Å². The normalized spacial score (nSPS) is 13.0. The standard InChI is InChI=1S/C17H11NO4/c19-17(20)13-9-21-15-8-11(5-6-12(13)15)22-16-7-10-3-1-2-4-14(10)18-16/h1-6,8-9H,7H2,(H,19,20). The zero-order valence-electron chi connectivity index (χ0n) is 11.4. The average molecular weight is 293 g/mol. The lowest BCUT2D eigenvalue weighted by Crippen LogP contribution is -2.07. The van der Waals surface area contributed by atoms with Crippen LogP contribution in [0.1, 0.15) is 15.9 Å². The third-order valence-corrected chi connectivity index (χ3v) is 3.59. The third kappa shape index (κ3) is 2.03. The monoisotopic (exact) mass is 293 g/mol. The van der Waals surface area contributed by atoms with Crippen LogP contribution in [-0.4, -0.2) is 17.0 Å². The van der Waals surface area contributed by atoms with Gasteiger partial charge in [-0.25, -0.2) is 9.79 Å². The molecule has 1 aromatic heterocycles. The van der Waals surface area contributed by atoms with Crippen LogP contribution in [-0.2, 0) is 6.42 Å². The molecule has 1 N–H and O–H groups in total. The molecule has 108 valence electrons. The van der Waals surface area contributed by atoms with E-state index in [0.717, 1.165) is 11.3 Å². The Hall–Kier alpha value is -3.08. The highest BCUT2D eigenvalue weighted by Gasteiger charge is 2.17. The number of hydrogen-bond acceptors (Lipinski definition) is 4. The Morgan fingerprint density at radius 3 is 2.91 bits per heavy atom. The summed E-state index contributed by atoms with van der Waals surface area (Å²) in [7, 11) is 0. The second-order valence-electron chi connectivity index (χ2n) is 5.03. The minimum absolute atomic E-state index is 0.146. The first-order valence-corrected chi connectivity index (χ1v) is 6.78. The van der Waals surface area contributed by atoms with Crippen molar-refractivity contribution in [2.75, 3.05) is 0 Å². The molecule has 3 aromatic rings. The van der Waals surface area contributed by atoms with Gasteiger partial charge in [-0.2, -0.15) is 0 Å². The molecule has 0 radical (unpaired) electrons. The van der Waals surface area contributed by atoms with Crippen molar-refractivity contribution >= 4 is 28.5 Å². The number of hydrogen-bond donors (Lipinski definition) is 1. The number of carbonyl (C=O) groups is 1. The van der Waals surface area contributed by atoms with Crippen LogP contribution in [0.4, 0.5) is 5.69 Å². The number of carboxylic acids is 1. The molecule has 0 unspecified atom stereocenters. The van der Waals surface area contributed by atoms with Crippen molar-refractivity contribution < 1.29 is 19.1 Å². The quantitative estimate of drug-likeness (QED) is 0.780.